The summed E-state index contributed by atoms with van der Waals surface area (Å²) in [5.41, 5.74) is 0.707. The van der Waals surface area contributed by atoms with Crippen LogP contribution >= 0.6 is 0 Å². The molecule has 0 fully saturated rings. The molecule has 20 heteroatoms. The third-order valence-electron chi connectivity index (χ3n) is 8.51. The van der Waals surface area contributed by atoms with Crippen LogP contribution in [0, 0.1) is 30.3 Å². The summed E-state index contributed by atoms with van der Waals surface area (Å²) in [6.45, 7) is 1.65. The number of hydrogen-bond acceptors (Lipinski definition) is 16. The number of amides is 1. The molecule has 0 aliphatic carbocycles. The van der Waals surface area contributed by atoms with Gasteiger partial charge in [0.25, 0.3) is 15.3 Å². The first kappa shape index (κ1) is 44.1. The molecular formula is C39H38N4O16. The van der Waals surface area contributed by atoms with Gasteiger partial charge in [-0.1, -0.05) is 78.9 Å². The average Bonchev–Trinajstić information content (AvgIpc) is 3.17. The zero-order chi connectivity index (χ0) is 43.0. The molecule has 0 spiro atoms. The molecule has 1 unspecified atom stereocenters. The predicted octanol–water partition coefficient (Wildman–Crippen LogP) is 4.33. The van der Waals surface area contributed by atoms with Gasteiger partial charge < -0.3 is 34.0 Å². The minimum absolute atomic E-state index is 0.0431. The Labute approximate surface area is 335 Å². The fourth-order valence-electron chi connectivity index (χ4n) is 5.82. The summed E-state index contributed by atoms with van der Waals surface area (Å²) in [5.74, 6) is -3.70. The second kappa shape index (κ2) is 21.0. The first-order valence-electron chi connectivity index (χ1n) is 17.7. The number of benzene rings is 4. The van der Waals surface area contributed by atoms with Crippen LogP contribution < -0.4 is 14.8 Å². The van der Waals surface area contributed by atoms with E-state index in [1.807, 2.05) is 0 Å². The third kappa shape index (κ3) is 13.8. The highest BCUT2D eigenvalue weighted by molar-refractivity contribution is 5.89. The lowest BCUT2D eigenvalue weighted by Gasteiger charge is -2.29. The van der Waals surface area contributed by atoms with Crippen LogP contribution in [0.15, 0.2) is 91.0 Å². The summed E-state index contributed by atoms with van der Waals surface area (Å²) >= 11 is 0. The van der Waals surface area contributed by atoms with Crippen molar-refractivity contribution in [1.82, 2.24) is 5.32 Å². The molecule has 0 radical (unpaired) electrons. The lowest BCUT2D eigenvalue weighted by atomic mass is 9.91. The zero-order valence-corrected chi connectivity index (χ0v) is 31.7. The van der Waals surface area contributed by atoms with Gasteiger partial charge in [0.2, 0.25) is 5.91 Å². The van der Waals surface area contributed by atoms with Gasteiger partial charge in [-0.25, -0.2) is 4.79 Å². The maximum Gasteiger partial charge on any atom is 0.331 e. The molecule has 20 nitrogen and oxygen atoms in total. The van der Waals surface area contributed by atoms with Crippen molar-refractivity contribution in [3.8, 4) is 11.5 Å². The highest BCUT2D eigenvalue weighted by atomic mass is 17.0. The van der Waals surface area contributed by atoms with Crippen molar-refractivity contribution >= 4 is 23.8 Å². The van der Waals surface area contributed by atoms with E-state index in [4.69, 9.17) is 14.2 Å². The molecule has 310 valence electrons. The van der Waals surface area contributed by atoms with E-state index in [9.17, 15) is 49.5 Å². The topological polar surface area (TPSA) is 265 Å². The molecule has 59 heavy (non-hydrogen) atoms. The van der Waals surface area contributed by atoms with Crippen LogP contribution in [0.3, 0.4) is 0 Å². The zero-order valence-electron chi connectivity index (χ0n) is 31.7. The van der Waals surface area contributed by atoms with E-state index in [0.717, 1.165) is 0 Å². The van der Waals surface area contributed by atoms with Gasteiger partial charge in [-0.05, 0) is 64.9 Å². The lowest BCUT2D eigenvalue weighted by molar-refractivity contribution is -0.763. The minimum Gasteiger partial charge on any atom is -0.464 e. The summed E-state index contributed by atoms with van der Waals surface area (Å²) in [6, 6.07) is 23.0. The summed E-state index contributed by atoms with van der Waals surface area (Å²) in [6.07, 6.45) is -1.30. The largest absolute Gasteiger partial charge is 0.464 e. The van der Waals surface area contributed by atoms with E-state index in [2.05, 4.69) is 19.8 Å². The Hall–Kier alpha value is -7.64. The van der Waals surface area contributed by atoms with Gasteiger partial charge in [0.1, 0.15) is 25.4 Å². The maximum absolute atomic E-state index is 13.4. The van der Waals surface area contributed by atoms with Crippen molar-refractivity contribution in [2.45, 2.75) is 64.9 Å². The standard InChI is InChI=1S/C39H38N4O16/c1-3-54-38(47)39(2,40-35(44)19-27-10-4-7-13-30(27)23-55-41(48)49)22-26-16-17-33(58-36(45)20-28-11-5-8-14-31(28)24-56-42(50)51)34(18-26)59-37(46)21-29-12-6-9-15-32(29)25-57-43(52)53/h4-18H,3,19-25H2,1-2H3,(H,40,44). The number of nitrogens with one attached hydrogen (secondary N) is 1. The Kier molecular flexibility index (Phi) is 15.7. The quantitative estimate of drug-likeness (QED) is 0.0500. The Bertz CT molecular complexity index is 2200. The van der Waals surface area contributed by atoms with Gasteiger partial charge in [0.15, 0.2) is 11.5 Å². The number of carbonyl (C=O) groups excluding carboxylic acids is 4. The van der Waals surface area contributed by atoms with Gasteiger partial charge in [0, 0.05) is 6.42 Å². The number of nitrogens with zero attached hydrogens (tertiary/aromatic N) is 3. The molecule has 4 rings (SSSR count). The van der Waals surface area contributed by atoms with Crippen LogP contribution in [0.2, 0.25) is 0 Å². The monoisotopic (exact) mass is 818 g/mol. The Balaban J connectivity index is 1.63. The number of ether oxygens (including phenoxy) is 3. The molecule has 0 heterocycles. The second-order valence-corrected chi connectivity index (χ2v) is 12.8. The Morgan fingerprint density at radius 1 is 0.593 bits per heavy atom. The van der Waals surface area contributed by atoms with Gasteiger partial charge in [-0.3, -0.25) is 14.4 Å². The molecule has 1 atom stereocenters. The van der Waals surface area contributed by atoms with Crippen LogP contribution in [-0.2, 0) is 83.9 Å². The van der Waals surface area contributed by atoms with E-state index < -0.39 is 70.9 Å². The van der Waals surface area contributed by atoms with Crippen molar-refractivity contribution < 1.29 is 63.2 Å². The van der Waals surface area contributed by atoms with Crippen molar-refractivity contribution in [3.63, 3.8) is 0 Å². The molecule has 0 aliphatic heterocycles. The van der Waals surface area contributed by atoms with Crippen molar-refractivity contribution in [2.24, 2.45) is 0 Å². The molecule has 0 bridgehead atoms. The molecule has 1 amide bonds. The predicted molar refractivity (Wildman–Crippen MR) is 200 cm³/mol. The first-order chi connectivity index (χ1) is 28.1. The smallest absolute Gasteiger partial charge is 0.331 e. The van der Waals surface area contributed by atoms with Crippen LogP contribution in [0.1, 0.15) is 52.8 Å². The van der Waals surface area contributed by atoms with Crippen LogP contribution in [0.5, 0.6) is 11.5 Å². The SMILES string of the molecule is CCOC(=O)C(C)(Cc1ccc(OC(=O)Cc2ccccc2CO[N+](=O)[O-])c(OC(=O)Cc2ccccc2CO[N+](=O)[O-])c1)NC(=O)Cc1ccccc1CO[N+](=O)[O-]. The minimum atomic E-state index is -1.73. The van der Waals surface area contributed by atoms with Gasteiger partial charge in [0.05, 0.1) is 25.9 Å². The van der Waals surface area contributed by atoms with Gasteiger partial charge in [-0.2, -0.15) is 0 Å². The molecule has 0 aliphatic rings. The van der Waals surface area contributed by atoms with E-state index in [0.29, 0.717) is 38.9 Å². The molecule has 4 aromatic carbocycles. The van der Waals surface area contributed by atoms with Crippen LogP contribution in [0.4, 0.5) is 0 Å². The molecule has 0 saturated carbocycles. The highest BCUT2D eigenvalue weighted by Gasteiger charge is 2.37. The van der Waals surface area contributed by atoms with Gasteiger partial charge in [-0.15, -0.1) is 30.3 Å². The maximum atomic E-state index is 13.4. The second-order valence-electron chi connectivity index (χ2n) is 12.8. The Morgan fingerprint density at radius 2 is 1.00 bits per heavy atom. The van der Waals surface area contributed by atoms with Crippen molar-refractivity contribution in [3.05, 3.63) is 160 Å². The Morgan fingerprint density at radius 3 is 1.42 bits per heavy atom. The summed E-state index contributed by atoms with van der Waals surface area (Å²) in [5, 5.41) is 32.2. The molecule has 0 aromatic heterocycles. The van der Waals surface area contributed by atoms with Crippen LogP contribution in [-0.4, -0.2) is 51.2 Å². The van der Waals surface area contributed by atoms with Crippen LogP contribution in [0.25, 0.3) is 0 Å². The van der Waals surface area contributed by atoms with E-state index in [-0.39, 0.29) is 37.4 Å². The highest BCUT2D eigenvalue weighted by Crippen LogP contribution is 2.32. The lowest BCUT2D eigenvalue weighted by Crippen LogP contribution is -2.55. The molecule has 1 N–H and O–H groups in total. The van der Waals surface area contributed by atoms with E-state index >= 15 is 0 Å². The molecule has 0 saturated heterocycles. The summed E-state index contributed by atoms with van der Waals surface area (Å²) in [7, 11) is 0. The van der Waals surface area contributed by atoms with Crippen molar-refractivity contribution in [2.75, 3.05) is 6.61 Å². The third-order valence-corrected chi connectivity index (χ3v) is 8.51. The fraction of sp³-hybridized carbons (Fsp3) is 0.282. The molecule has 4 aromatic rings. The fourth-order valence-corrected chi connectivity index (χ4v) is 5.82. The average molecular weight is 819 g/mol. The van der Waals surface area contributed by atoms with Gasteiger partial charge >= 0.3 is 17.9 Å². The number of hydrogen-bond donors (Lipinski definition) is 1. The number of carbonyl (C=O) groups is 4. The van der Waals surface area contributed by atoms with Crippen molar-refractivity contribution in [1.29, 1.82) is 0 Å². The molecular weight excluding hydrogens is 780 g/mol. The number of rotatable bonds is 22. The summed E-state index contributed by atoms with van der Waals surface area (Å²) in [4.78, 5) is 99.3. The van der Waals surface area contributed by atoms with E-state index in [1.54, 1.807) is 67.6 Å². The summed E-state index contributed by atoms with van der Waals surface area (Å²) < 4.78 is 16.6. The van der Waals surface area contributed by atoms with E-state index in [1.165, 1.54) is 37.3 Å². The first-order valence-corrected chi connectivity index (χ1v) is 17.7. The normalized spacial score (nSPS) is 11.6. The number of esters is 3.